The van der Waals surface area contributed by atoms with Crippen LogP contribution in [-0.4, -0.2) is 33.1 Å². The van der Waals surface area contributed by atoms with Crippen LogP contribution in [0.25, 0.3) is 22.6 Å². The molecule has 0 radical (unpaired) electrons. The van der Waals surface area contributed by atoms with Gasteiger partial charge in [0.05, 0.1) is 7.11 Å². The van der Waals surface area contributed by atoms with E-state index in [0.29, 0.717) is 11.7 Å². The van der Waals surface area contributed by atoms with E-state index < -0.39 is 0 Å². The zero-order valence-corrected chi connectivity index (χ0v) is 11.6. The second kappa shape index (κ2) is 4.73. The summed E-state index contributed by atoms with van der Waals surface area (Å²) in [5, 5.41) is 3.40. The first-order chi connectivity index (χ1) is 10.3. The molecule has 0 aliphatic heterocycles. The van der Waals surface area contributed by atoms with Gasteiger partial charge in [-0.25, -0.2) is 15.0 Å². The van der Waals surface area contributed by atoms with Crippen LogP contribution >= 0.6 is 0 Å². The fraction of sp³-hybridized carbons (Fsp3) is 0.267. The van der Waals surface area contributed by atoms with Crippen LogP contribution < -0.4 is 10.1 Å². The summed E-state index contributed by atoms with van der Waals surface area (Å²) in [5.74, 6) is 2.44. The van der Waals surface area contributed by atoms with Crippen LogP contribution in [-0.2, 0) is 0 Å². The first kappa shape index (κ1) is 12.1. The molecular formula is C15H15N5O. The highest BCUT2D eigenvalue weighted by Gasteiger charge is 2.23. The van der Waals surface area contributed by atoms with Crippen molar-refractivity contribution in [1.82, 2.24) is 19.9 Å². The first-order valence-electron chi connectivity index (χ1n) is 6.95. The molecule has 6 nitrogen and oxygen atoms in total. The van der Waals surface area contributed by atoms with Crippen molar-refractivity contribution in [2.75, 3.05) is 12.4 Å². The van der Waals surface area contributed by atoms with Crippen molar-refractivity contribution in [3.8, 4) is 17.1 Å². The number of benzene rings is 1. The molecule has 0 saturated heterocycles. The van der Waals surface area contributed by atoms with Gasteiger partial charge in [-0.2, -0.15) is 0 Å². The summed E-state index contributed by atoms with van der Waals surface area (Å²) in [5.41, 5.74) is 2.53. The normalized spacial score (nSPS) is 14.3. The fourth-order valence-corrected chi connectivity index (χ4v) is 2.24. The van der Waals surface area contributed by atoms with E-state index >= 15 is 0 Å². The number of H-pyrrole nitrogens is 1. The van der Waals surface area contributed by atoms with E-state index in [0.717, 1.165) is 28.5 Å². The van der Waals surface area contributed by atoms with Crippen LogP contribution in [0.4, 0.5) is 5.82 Å². The van der Waals surface area contributed by atoms with E-state index in [1.165, 1.54) is 12.8 Å². The van der Waals surface area contributed by atoms with Gasteiger partial charge < -0.3 is 15.0 Å². The van der Waals surface area contributed by atoms with Crippen molar-refractivity contribution in [1.29, 1.82) is 0 Å². The number of ether oxygens (including phenoxy) is 1. The third-order valence-electron chi connectivity index (χ3n) is 3.57. The summed E-state index contributed by atoms with van der Waals surface area (Å²) in [7, 11) is 1.65. The maximum Gasteiger partial charge on any atom is 0.183 e. The molecule has 3 aromatic rings. The number of anilines is 1. The molecule has 0 atom stereocenters. The van der Waals surface area contributed by atoms with Crippen LogP contribution in [0, 0.1) is 0 Å². The minimum absolute atomic E-state index is 0.538. The molecule has 0 bridgehead atoms. The van der Waals surface area contributed by atoms with Gasteiger partial charge in [0.1, 0.15) is 23.4 Å². The van der Waals surface area contributed by atoms with E-state index in [9.17, 15) is 0 Å². The number of nitrogens with zero attached hydrogens (tertiary/aromatic N) is 3. The van der Waals surface area contributed by atoms with Crippen molar-refractivity contribution < 1.29 is 4.74 Å². The summed E-state index contributed by atoms with van der Waals surface area (Å²) in [6.45, 7) is 0. The summed E-state index contributed by atoms with van der Waals surface area (Å²) in [6, 6.07) is 8.31. The molecule has 1 aliphatic rings. The minimum Gasteiger partial charge on any atom is -0.497 e. The Morgan fingerprint density at radius 1 is 1.19 bits per heavy atom. The first-order valence-corrected chi connectivity index (χ1v) is 6.95. The molecule has 2 aromatic heterocycles. The van der Waals surface area contributed by atoms with E-state index in [1.807, 2.05) is 24.3 Å². The molecular weight excluding hydrogens is 266 g/mol. The minimum atomic E-state index is 0.538. The molecule has 2 heterocycles. The summed E-state index contributed by atoms with van der Waals surface area (Å²) < 4.78 is 5.17. The Balaban J connectivity index is 1.74. The Labute approximate surface area is 121 Å². The van der Waals surface area contributed by atoms with Gasteiger partial charge in [-0.05, 0) is 37.1 Å². The third-order valence-corrected chi connectivity index (χ3v) is 3.57. The number of hydrogen-bond donors (Lipinski definition) is 2. The molecule has 4 rings (SSSR count). The summed E-state index contributed by atoms with van der Waals surface area (Å²) in [4.78, 5) is 16.4. The lowest BCUT2D eigenvalue weighted by atomic mass is 10.2. The van der Waals surface area contributed by atoms with E-state index in [1.54, 1.807) is 13.4 Å². The quantitative estimate of drug-likeness (QED) is 0.768. The Kier molecular flexibility index (Phi) is 2.73. The van der Waals surface area contributed by atoms with Crippen LogP contribution in [0.2, 0.25) is 0 Å². The van der Waals surface area contributed by atoms with Crippen molar-refractivity contribution in [3.63, 3.8) is 0 Å². The van der Waals surface area contributed by atoms with Gasteiger partial charge in [0, 0.05) is 11.6 Å². The van der Waals surface area contributed by atoms with Gasteiger partial charge in [-0.15, -0.1) is 0 Å². The maximum absolute atomic E-state index is 5.17. The highest BCUT2D eigenvalue weighted by Crippen LogP contribution is 2.28. The van der Waals surface area contributed by atoms with Crippen molar-refractivity contribution >= 4 is 17.0 Å². The Bertz CT molecular complexity index is 776. The largest absolute Gasteiger partial charge is 0.497 e. The molecule has 106 valence electrons. The predicted molar refractivity (Wildman–Crippen MR) is 80.3 cm³/mol. The molecule has 6 heteroatoms. The number of hydrogen-bond acceptors (Lipinski definition) is 5. The molecule has 2 N–H and O–H groups in total. The van der Waals surface area contributed by atoms with Gasteiger partial charge in [0.15, 0.2) is 11.5 Å². The van der Waals surface area contributed by atoms with E-state index in [-0.39, 0.29) is 0 Å². The third kappa shape index (κ3) is 2.29. The lowest BCUT2D eigenvalue weighted by molar-refractivity contribution is 0.415. The second-order valence-corrected chi connectivity index (χ2v) is 5.15. The predicted octanol–water partition coefficient (Wildman–Crippen LogP) is 2.60. The number of nitrogens with one attached hydrogen (secondary N) is 2. The lowest BCUT2D eigenvalue weighted by Crippen LogP contribution is -2.03. The van der Waals surface area contributed by atoms with Gasteiger partial charge in [0.25, 0.3) is 0 Å². The number of rotatable bonds is 4. The SMILES string of the molecule is COc1ccc(-c2nc3ncnc(NC4CC4)c3[nH]2)cc1. The van der Waals surface area contributed by atoms with Crippen molar-refractivity contribution in [2.45, 2.75) is 18.9 Å². The molecule has 1 aromatic carbocycles. The number of aromatic nitrogens is 4. The summed E-state index contributed by atoms with van der Waals surface area (Å²) in [6.07, 6.45) is 3.95. The Hall–Kier alpha value is -2.63. The maximum atomic E-state index is 5.17. The average molecular weight is 281 g/mol. The van der Waals surface area contributed by atoms with Crippen LogP contribution in [0.3, 0.4) is 0 Å². The monoisotopic (exact) mass is 281 g/mol. The lowest BCUT2D eigenvalue weighted by Gasteiger charge is -2.02. The number of fused-ring (bicyclic) bond motifs is 1. The number of methoxy groups -OCH3 is 1. The second-order valence-electron chi connectivity index (χ2n) is 5.15. The zero-order chi connectivity index (χ0) is 14.2. The van der Waals surface area contributed by atoms with E-state index in [2.05, 4.69) is 25.3 Å². The van der Waals surface area contributed by atoms with Crippen molar-refractivity contribution in [3.05, 3.63) is 30.6 Å². The summed E-state index contributed by atoms with van der Waals surface area (Å²) >= 11 is 0. The number of imidazole rings is 1. The molecule has 0 amide bonds. The molecule has 0 spiro atoms. The molecule has 1 fully saturated rings. The Morgan fingerprint density at radius 2 is 2.00 bits per heavy atom. The standard InChI is InChI=1S/C15H15N5O/c1-21-11-6-2-9(3-7-11)13-19-12-14(18-10-4-5-10)16-8-17-15(12)20-13/h2-3,6-8,10H,4-5H2,1H3,(H2,16,17,18,19,20). The number of aromatic amines is 1. The highest BCUT2D eigenvalue weighted by atomic mass is 16.5. The Morgan fingerprint density at radius 3 is 2.71 bits per heavy atom. The molecule has 21 heavy (non-hydrogen) atoms. The molecule has 1 saturated carbocycles. The van der Waals surface area contributed by atoms with Crippen molar-refractivity contribution in [2.24, 2.45) is 0 Å². The highest BCUT2D eigenvalue weighted by molar-refractivity contribution is 5.85. The van der Waals surface area contributed by atoms with Crippen LogP contribution in [0.1, 0.15) is 12.8 Å². The van der Waals surface area contributed by atoms with Gasteiger partial charge in [-0.1, -0.05) is 0 Å². The van der Waals surface area contributed by atoms with Crippen LogP contribution in [0.5, 0.6) is 5.75 Å². The van der Waals surface area contributed by atoms with Gasteiger partial charge in [-0.3, -0.25) is 0 Å². The average Bonchev–Trinajstić information content (AvgIpc) is 3.23. The molecule has 1 aliphatic carbocycles. The smallest absolute Gasteiger partial charge is 0.183 e. The zero-order valence-electron chi connectivity index (χ0n) is 11.6. The van der Waals surface area contributed by atoms with Crippen LogP contribution in [0.15, 0.2) is 30.6 Å². The topological polar surface area (TPSA) is 75.7 Å². The van der Waals surface area contributed by atoms with E-state index in [4.69, 9.17) is 4.74 Å². The van der Waals surface area contributed by atoms with Gasteiger partial charge in [0.2, 0.25) is 0 Å². The molecule has 0 unspecified atom stereocenters. The fourth-order valence-electron chi connectivity index (χ4n) is 2.24. The van der Waals surface area contributed by atoms with Gasteiger partial charge >= 0.3 is 0 Å².